The van der Waals surface area contributed by atoms with Crippen molar-refractivity contribution >= 4 is 22.4 Å². The first kappa shape index (κ1) is 74.1. The lowest BCUT2D eigenvalue weighted by atomic mass is 9.78. The molecule has 6 bridgehead atoms. The van der Waals surface area contributed by atoms with Gasteiger partial charge in [0, 0.05) is 50.1 Å². The quantitative estimate of drug-likeness (QED) is 0.166. The predicted molar refractivity (Wildman–Crippen MR) is 453 cm³/mol. The molecule has 0 saturated carbocycles. The summed E-state index contributed by atoms with van der Waals surface area (Å²) in [4.78, 5) is 15.2. The van der Waals surface area contributed by atoms with Crippen molar-refractivity contribution in [1.82, 2.24) is 9.97 Å². The minimum atomic E-state index is -0.316. The summed E-state index contributed by atoms with van der Waals surface area (Å²) in [6.07, 6.45) is 0. The van der Waals surface area contributed by atoms with Crippen LogP contribution < -0.4 is 10.7 Å². The average Bonchev–Trinajstić information content (AvgIpc) is 1.55. The third-order valence-corrected chi connectivity index (χ3v) is 19.9. The van der Waals surface area contributed by atoms with E-state index in [0.29, 0.717) is 55.9 Å². The lowest BCUT2D eigenvalue weighted by Crippen LogP contribution is -2.24. The lowest BCUT2D eigenvalue weighted by molar-refractivity contribution is 0.567. The normalized spacial score (nSPS) is 13.0. The van der Waals surface area contributed by atoms with Crippen LogP contribution in [0.3, 0.4) is 0 Å². The Balaban J connectivity index is 1.45. The first-order valence-corrected chi connectivity index (χ1v) is 37.6. The molecule has 13 rings (SSSR count). The Morgan fingerprint density at radius 3 is 0.769 bits per heavy atom. The Hall–Kier alpha value is -12.2. The highest BCUT2D eigenvalue weighted by Crippen LogP contribution is 2.46. The summed E-state index contributed by atoms with van der Waals surface area (Å²) in [5.41, 5.74) is 22.1. The second-order valence-corrected chi connectivity index (χ2v) is 34.5. The number of nitrogens with zero attached hydrogens (tertiary/aromatic N) is 1. The number of aromatic nitrogens is 2. The Morgan fingerprint density at radius 1 is 0.231 bits per heavy atom. The van der Waals surface area contributed by atoms with Gasteiger partial charge in [0.1, 0.15) is 0 Å². The Kier molecular flexibility index (Phi) is 20.3. The first-order chi connectivity index (χ1) is 51.3. The molecule has 2 aromatic heterocycles. The van der Waals surface area contributed by atoms with Crippen LogP contribution in [0.4, 0.5) is 0 Å². The standard InChI is InChI=1S/C105H95N3/c1-100(2,3)79-61-76(62-80(67-79)101(4,5)6)91-94-85(55-49-70-37-25-19-26-38-70)87(57-51-72-41-29-21-30-42-72)96(106-94)92(77-63-81(102(7,8)9)68-82(64-77)103(10,11)12)98-89(59-53-74-45-33-23-34-46-74)90(60-54-75-47-35-24-36-48-75)99(108-98)93(78-65-83(104(13,14)15)69-84(66-78)105(16,17)18)97-88(58-52-73-43-31-22-32-44-73)86(95(91)107-97)56-50-71-39-27-20-28-40-71/h19-48,61-69,106-107H,1-18H3. The zero-order chi connectivity index (χ0) is 76.5. The maximum Gasteiger partial charge on any atom is 0.0907 e. The van der Waals surface area contributed by atoms with Gasteiger partial charge >= 0.3 is 0 Å². The first-order valence-electron chi connectivity index (χ1n) is 37.6. The summed E-state index contributed by atoms with van der Waals surface area (Å²) in [6.45, 7) is 41.5. The van der Waals surface area contributed by atoms with Gasteiger partial charge in [0.2, 0.25) is 0 Å². The van der Waals surface area contributed by atoms with E-state index < -0.39 is 0 Å². The fourth-order valence-electron chi connectivity index (χ4n) is 13.4. The molecule has 0 unspecified atom stereocenters. The second kappa shape index (κ2) is 29.6. The van der Waals surface area contributed by atoms with Crippen LogP contribution in [0.5, 0.6) is 0 Å². The van der Waals surface area contributed by atoms with Gasteiger partial charge in [-0.1, -0.05) is 359 Å². The maximum absolute atomic E-state index is 6.44. The van der Waals surface area contributed by atoms with E-state index in [2.05, 4.69) is 333 Å². The molecular formula is C105H95N3. The van der Waals surface area contributed by atoms with Crippen molar-refractivity contribution in [2.24, 2.45) is 4.99 Å². The van der Waals surface area contributed by atoms with Crippen LogP contribution >= 0.6 is 0 Å². The summed E-state index contributed by atoms with van der Waals surface area (Å²) < 4.78 is 0. The van der Waals surface area contributed by atoms with Crippen molar-refractivity contribution < 1.29 is 0 Å². The summed E-state index contributed by atoms with van der Waals surface area (Å²) in [7, 11) is 0. The topological polar surface area (TPSA) is 43.9 Å². The SMILES string of the molecule is CC(C)(C)c1cc(C2=C3N=C(C(C#Cc4ccccc4)=C3C#Cc3ccccc3)C(c3cc(C(C)(C)C)cc(C(C)(C)C)c3)=c3[nH]c(c(C#Cc4ccccc4)c3C#Cc3ccccc3)=C(c3cc(C(C)(C)C)cc(C(C)(C)C)c3)c3[nH]c2c(C#Cc2ccccc2)c3C#Cc2ccccc2)cc(C(C)(C)C)c1. The fraction of sp³-hybridized carbons (Fsp3) is 0.229. The Labute approximate surface area is 642 Å². The molecule has 530 valence electrons. The van der Waals surface area contributed by atoms with Gasteiger partial charge in [0.05, 0.1) is 66.9 Å². The van der Waals surface area contributed by atoms with Crippen LogP contribution in [-0.2, 0) is 32.5 Å². The van der Waals surface area contributed by atoms with Crippen LogP contribution in [0.25, 0.3) is 16.7 Å². The van der Waals surface area contributed by atoms with E-state index in [1.54, 1.807) is 0 Å². The van der Waals surface area contributed by atoms with Crippen molar-refractivity contribution in [2.45, 2.75) is 157 Å². The summed E-state index contributed by atoms with van der Waals surface area (Å²) in [5.74, 6) is 46.2. The molecule has 11 aromatic rings. The number of allylic oxidation sites excluding steroid dienone is 2. The van der Waals surface area contributed by atoms with E-state index in [0.717, 1.165) is 100 Å². The molecule has 108 heavy (non-hydrogen) atoms. The summed E-state index contributed by atoms with van der Waals surface area (Å²) in [6, 6.07) is 83.1. The predicted octanol–water partition coefficient (Wildman–Crippen LogP) is 21.8. The molecule has 3 heterocycles. The Bertz CT molecular complexity index is 5890. The van der Waals surface area contributed by atoms with Gasteiger partial charge in [-0.25, -0.2) is 4.99 Å². The van der Waals surface area contributed by atoms with Crippen LogP contribution in [0.1, 0.15) is 242 Å². The van der Waals surface area contributed by atoms with Crippen molar-refractivity contribution in [3.8, 4) is 71.0 Å². The van der Waals surface area contributed by atoms with Gasteiger partial charge in [0.15, 0.2) is 0 Å². The molecule has 2 aliphatic rings. The van der Waals surface area contributed by atoms with E-state index in [-0.39, 0.29) is 32.5 Å². The molecule has 1 aliphatic carbocycles. The second-order valence-electron chi connectivity index (χ2n) is 34.5. The van der Waals surface area contributed by atoms with Crippen molar-refractivity contribution in [2.75, 3.05) is 0 Å². The van der Waals surface area contributed by atoms with E-state index in [1.807, 2.05) is 109 Å². The highest BCUT2D eigenvalue weighted by molar-refractivity contribution is 6.36. The van der Waals surface area contributed by atoms with Crippen LogP contribution in [0.15, 0.2) is 258 Å². The van der Waals surface area contributed by atoms with Gasteiger partial charge < -0.3 is 9.97 Å². The number of H-pyrrole nitrogens is 2. The molecule has 3 nitrogen and oxygen atoms in total. The molecule has 1 aliphatic heterocycles. The smallest absolute Gasteiger partial charge is 0.0907 e. The zero-order valence-electron chi connectivity index (χ0n) is 66.0. The minimum absolute atomic E-state index is 0.310. The third kappa shape index (κ3) is 16.4. The number of rotatable bonds is 3. The molecule has 0 saturated heterocycles. The number of fused-ring (bicyclic) bond motifs is 8. The van der Waals surface area contributed by atoms with Crippen LogP contribution in [0, 0.1) is 71.0 Å². The average molecular weight is 1400 g/mol. The van der Waals surface area contributed by atoms with Gasteiger partial charge in [-0.15, -0.1) is 0 Å². The van der Waals surface area contributed by atoms with Crippen molar-refractivity contribution in [1.29, 1.82) is 0 Å². The number of hydrogen-bond acceptors (Lipinski definition) is 1. The van der Waals surface area contributed by atoms with Gasteiger partial charge in [0.25, 0.3) is 0 Å². The fourth-order valence-corrected chi connectivity index (χ4v) is 13.4. The number of aromatic amines is 2. The van der Waals surface area contributed by atoms with Gasteiger partial charge in [-0.2, -0.15) is 0 Å². The van der Waals surface area contributed by atoms with Crippen LogP contribution in [-0.4, -0.2) is 15.7 Å². The van der Waals surface area contributed by atoms with E-state index in [4.69, 9.17) is 4.99 Å². The lowest BCUT2D eigenvalue weighted by Gasteiger charge is -2.27. The number of nitrogens with one attached hydrogen (secondary N) is 2. The van der Waals surface area contributed by atoms with Crippen molar-refractivity contribution in [3.63, 3.8) is 0 Å². The molecule has 9 aromatic carbocycles. The molecule has 0 spiro atoms. The molecule has 0 amide bonds. The third-order valence-electron chi connectivity index (χ3n) is 19.9. The monoisotopic (exact) mass is 1400 g/mol. The highest BCUT2D eigenvalue weighted by Gasteiger charge is 2.37. The number of benzene rings is 9. The molecule has 0 atom stereocenters. The van der Waals surface area contributed by atoms with E-state index in [9.17, 15) is 0 Å². The van der Waals surface area contributed by atoms with E-state index >= 15 is 0 Å². The maximum atomic E-state index is 6.44. The van der Waals surface area contributed by atoms with Gasteiger partial charge in [-0.05, 0) is 155 Å². The molecule has 3 heteroatoms. The minimum Gasteiger partial charge on any atom is -0.352 e. The van der Waals surface area contributed by atoms with Crippen LogP contribution in [0.2, 0.25) is 0 Å². The molecule has 0 fully saturated rings. The van der Waals surface area contributed by atoms with E-state index in [1.165, 1.54) is 11.1 Å². The van der Waals surface area contributed by atoms with Crippen molar-refractivity contribution in [3.05, 3.63) is 381 Å². The number of aliphatic imine (C=N–C) groups is 1. The zero-order valence-corrected chi connectivity index (χ0v) is 66.0. The number of hydrogen-bond donors (Lipinski definition) is 2. The molecular weight excluding hydrogens is 1300 g/mol. The summed E-state index contributed by atoms with van der Waals surface area (Å²) in [5, 5.41) is 1.45. The largest absolute Gasteiger partial charge is 0.352 e. The summed E-state index contributed by atoms with van der Waals surface area (Å²) >= 11 is 0. The Morgan fingerprint density at radius 2 is 0.472 bits per heavy atom. The molecule has 2 N–H and O–H groups in total. The molecule has 0 radical (unpaired) electrons. The highest BCUT2D eigenvalue weighted by atomic mass is 14.8. The van der Waals surface area contributed by atoms with Gasteiger partial charge in [-0.3, -0.25) is 0 Å².